The maximum atomic E-state index is 12.5. The third-order valence-corrected chi connectivity index (χ3v) is 6.87. The Balaban J connectivity index is 1.67. The molecule has 0 radical (unpaired) electrons. The van der Waals surface area contributed by atoms with Crippen LogP contribution in [0.25, 0.3) is 6.08 Å². The Labute approximate surface area is 160 Å². The predicted octanol–water partition coefficient (Wildman–Crippen LogP) is 1.03. The van der Waals surface area contributed by atoms with E-state index in [1.54, 1.807) is 30.3 Å². The molecule has 2 aliphatic heterocycles. The zero-order valence-electron chi connectivity index (χ0n) is 14.5. The highest BCUT2D eigenvalue weighted by Gasteiger charge is 2.37. The smallest absolute Gasteiger partial charge is 0.294 e. The van der Waals surface area contributed by atoms with Gasteiger partial charge in [-0.15, -0.1) is 0 Å². The largest absolute Gasteiger partial charge is 0.496 e. The number of hydrogen-bond acceptors (Lipinski definition) is 7. The number of benzene rings is 1. The summed E-state index contributed by atoms with van der Waals surface area (Å²) in [6.45, 7) is -0.440. The number of carbonyl (C=O) groups excluding carboxylic acids is 3. The topological polar surface area (TPSA) is 110 Å². The number of imide groups is 1. The van der Waals surface area contributed by atoms with Crippen molar-refractivity contribution in [1.82, 2.24) is 10.2 Å². The van der Waals surface area contributed by atoms with Gasteiger partial charge in [-0.1, -0.05) is 18.2 Å². The fraction of sp³-hybridized carbons (Fsp3) is 0.353. The average molecular weight is 410 g/mol. The van der Waals surface area contributed by atoms with Crippen LogP contribution in [0.4, 0.5) is 4.79 Å². The lowest BCUT2D eigenvalue weighted by Crippen LogP contribution is -2.43. The fourth-order valence-corrected chi connectivity index (χ4v) is 5.39. The second kappa shape index (κ2) is 7.73. The molecular formula is C17H18N2O6S2. The molecule has 1 aromatic rings. The lowest BCUT2D eigenvalue weighted by atomic mass is 10.2. The van der Waals surface area contributed by atoms with Gasteiger partial charge in [0.05, 0.1) is 23.5 Å². The third kappa shape index (κ3) is 4.51. The van der Waals surface area contributed by atoms with E-state index in [1.807, 2.05) is 0 Å². The minimum absolute atomic E-state index is 0.0289. The summed E-state index contributed by atoms with van der Waals surface area (Å²) in [6, 6.07) is 6.57. The van der Waals surface area contributed by atoms with Gasteiger partial charge < -0.3 is 10.1 Å². The number of carbonyl (C=O) groups is 3. The summed E-state index contributed by atoms with van der Waals surface area (Å²) in [4.78, 5) is 37.8. The van der Waals surface area contributed by atoms with Crippen LogP contribution >= 0.6 is 11.8 Å². The van der Waals surface area contributed by atoms with Crippen LogP contribution in [-0.4, -0.2) is 61.6 Å². The van der Waals surface area contributed by atoms with Crippen molar-refractivity contribution in [2.24, 2.45) is 0 Å². The highest BCUT2D eigenvalue weighted by Crippen LogP contribution is 2.33. The van der Waals surface area contributed by atoms with Gasteiger partial charge in [-0.25, -0.2) is 8.42 Å². The Kier molecular flexibility index (Phi) is 5.56. The first-order chi connectivity index (χ1) is 12.8. The standard InChI is InChI=1S/C17H18N2O6S2/c1-25-13-5-3-2-4-11(13)8-14-16(21)19(17(22)26-14)9-15(20)18-12-6-7-27(23,24)10-12/h2-5,8,12H,6-7,9-10H2,1H3,(H,18,20)/b14-8-/t12-/m1/s1. The summed E-state index contributed by atoms with van der Waals surface area (Å²) in [5.41, 5.74) is 0.645. The van der Waals surface area contributed by atoms with Crippen LogP contribution in [0.5, 0.6) is 5.75 Å². The predicted molar refractivity (Wildman–Crippen MR) is 101 cm³/mol. The molecule has 2 aliphatic rings. The van der Waals surface area contributed by atoms with Gasteiger partial charge in [-0.05, 0) is 30.3 Å². The molecule has 0 bridgehead atoms. The van der Waals surface area contributed by atoms with E-state index in [-0.39, 0.29) is 16.4 Å². The number of rotatable bonds is 5. The van der Waals surface area contributed by atoms with E-state index in [4.69, 9.17) is 4.74 Å². The van der Waals surface area contributed by atoms with Gasteiger partial charge in [0, 0.05) is 11.6 Å². The third-order valence-electron chi connectivity index (χ3n) is 4.20. The van der Waals surface area contributed by atoms with Gasteiger partial charge in [0.25, 0.3) is 11.1 Å². The molecule has 3 amide bonds. The minimum Gasteiger partial charge on any atom is -0.496 e. The summed E-state index contributed by atoms with van der Waals surface area (Å²) in [7, 11) is -1.62. The molecule has 0 spiro atoms. The van der Waals surface area contributed by atoms with Crippen LogP contribution in [0.15, 0.2) is 29.2 Å². The maximum absolute atomic E-state index is 12.5. The quantitative estimate of drug-likeness (QED) is 0.722. The SMILES string of the molecule is COc1ccccc1/C=C1\SC(=O)N(CC(=O)N[C@@H]2CCS(=O)(=O)C2)C1=O. The second-order valence-electron chi connectivity index (χ2n) is 6.18. The average Bonchev–Trinajstić information content (AvgIpc) is 3.08. The number of methoxy groups -OCH3 is 1. The van der Waals surface area contributed by atoms with Gasteiger partial charge in [0.1, 0.15) is 12.3 Å². The fourth-order valence-electron chi connectivity index (χ4n) is 2.89. The lowest BCUT2D eigenvalue weighted by molar-refractivity contribution is -0.129. The number of thioether (sulfide) groups is 1. The lowest BCUT2D eigenvalue weighted by Gasteiger charge is -2.15. The first kappa shape index (κ1) is 19.4. The van der Waals surface area contributed by atoms with Crippen LogP contribution in [0.1, 0.15) is 12.0 Å². The van der Waals surface area contributed by atoms with Crippen LogP contribution in [-0.2, 0) is 19.4 Å². The zero-order valence-corrected chi connectivity index (χ0v) is 16.1. The van der Waals surface area contributed by atoms with Crippen LogP contribution in [0.2, 0.25) is 0 Å². The molecule has 10 heteroatoms. The molecule has 1 N–H and O–H groups in total. The summed E-state index contributed by atoms with van der Waals surface area (Å²) >= 11 is 0.747. The Morgan fingerprint density at radius 3 is 2.78 bits per heavy atom. The van der Waals surface area contributed by atoms with E-state index in [9.17, 15) is 22.8 Å². The van der Waals surface area contributed by atoms with Crippen molar-refractivity contribution in [3.8, 4) is 5.75 Å². The van der Waals surface area contributed by atoms with Crippen molar-refractivity contribution < 1.29 is 27.5 Å². The second-order valence-corrected chi connectivity index (χ2v) is 9.40. The van der Waals surface area contributed by atoms with Crippen LogP contribution in [0.3, 0.4) is 0 Å². The Morgan fingerprint density at radius 2 is 2.11 bits per heavy atom. The number of para-hydroxylation sites is 1. The number of sulfone groups is 1. The van der Waals surface area contributed by atoms with Crippen molar-refractivity contribution in [2.75, 3.05) is 25.2 Å². The van der Waals surface area contributed by atoms with Crippen LogP contribution < -0.4 is 10.1 Å². The van der Waals surface area contributed by atoms with Gasteiger partial charge in [-0.3, -0.25) is 19.3 Å². The molecule has 1 atom stereocenters. The molecule has 2 heterocycles. The summed E-state index contributed by atoms with van der Waals surface area (Å²) in [5, 5.41) is 2.03. The van der Waals surface area contributed by atoms with E-state index in [0.29, 0.717) is 17.7 Å². The van der Waals surface area contributed by atoms with Crippen LogP contribution in [0, 0.1) is 0 Å². The minimum atomic E-state index is -3.13. The molecular weight excluding hydrogens is 392 g/mol. The molecule has 2 fully saturated rings. The van der Waals surface area contributed by atoms with E-state index in [1.165, 1.54) is 7.11 Å². The van der Waals surface area contributed by atoms with Crippen molar-refractivity contribution in [1.29, 1.82) is 0 Å². The molecule has 0 aromatic heterocycles. The van der Waals surface area contributed by atoms with Gasteiger partial charge in [0.15, 0.2) is 9.84 Å². The molecule has 0 saturated carbocycles. The number of nitrogens with zero attached hydrogens (tertiary/aromatic N) is 1. The van der Waals surface area contributed by atoms with Crippen molar-refractivity contribution >= 4 is 44.7 Å². The maximum Gasteiger partial charge on any atom is 0.294 e. The number of amides is 3. The van der Waals surface area contributed by atoms with E-state index in [2.05, 4.69) is 5.32 Å². The summed E-state index contributed by atoms with van der Waals surface area (Å²) in [5.74, 6) is -0.650. The van der Waals surface area contributed by atoms with Crippen molar-refractivity contribution in [2.45, 2.75) is 12.5 Å². The molecule has 8 nitrogen and oxygen atoms in total. The van der Waals surface area contributed by atoms with E-state index < -0.39 is 39.5 Å². The Hall–Kier alpha value is -2.33. The molecule has 0 unspecified atom stereocenters. The molecule has 144 valence electrons. The van der Waals surface area contributed by atoms with Crippen molar-refractivity contribution in [3.05, 3.63) is 34.7 Å². The van der Waals surface area contributed by atoms with Gasteiger partial charge >= 0.3 is 0 Å². The highest BCUT2D eigenvalue weighted by molar-refractivity contribution is 8.18. The highest BCUT2D eigenvalue weighted by atomic mass is 32.2. The number of hydrogen-bond donors (Lipinski definition) is 1. The number of ether oxygens (including phenoxy) is 1. The molecule has 3 rings (SSSR count). The molecule has 0 aliphatic carbocycles. The monoisotopic (exact) mass is 410 g/mol. The first-order valence-corrected chi connectivity index (χ1v) is 10.8. The van der Waals surface area contributed by atoms with Crippen molar-refractivity contribution in [3.63, 3.8) is 0 Å². The summed E-state index contributed by atoms with van der Waals surface area (Å²) in [6.07, 6.45) is 1.88. The van der Waals surface area contributed by atoms with Gasteiger partial charge in [0.2, 0.25) is 5.91 Å². The molecule has 27 heavy (non-hydrogen) atoms. The Morgan fingerprint density at radius 1 is 1.37 bits per heavy atom. The zero-order chi connectivity index (χ0) is 19.6. The Bertz CT molecular complexity index is 925. The van der Waals surface area contributed by atoms with E-state index in [0.717, 1.165) is 16.7 Å². The first-order valence-electron chi connectivity index (χ1n) is 8.17. The van der Waals surface area contributed by atoms with E-state index >= 15 is 0 Å². The number of nitrogens with one attached hydrogen (secondary N) is 1. The normalized spacial score (nSPS) is 23.1. The van der Waals surface area contributed by atoms with Gasteiger partial charge in [-0.2, -0.15) is 0 Å². The molecule has 1 aromatic carbocycles. The summed E-state index contributed by atoms with van der Waals surface area (Å²) < 4.78 is 28.1. The molecule has 2 saturated heterocycles.